The number of anilines is 2. The molecule has 4 nitrogen and oxygen atoms in total. The van der Waals surface area contributed by atoms with Crippen LogP contribution in [0.1, 0.15) is 10.4 Å². The number of halogens is 1. The van der Waals surface area contributed by atoms with Crippen molar-refractivity contribution in [2.24, 2.45) is 0 Å². The molecule has 0 aliphatic rings. The van der Waals surface area contributed by atoms with Gasteiger partial charge in [-0.05, 0) is 29.8 Å². The van der Waals surface area contributed by atoms with E-state index in [2.05, 4.69) is 4.74 Å². The average Bonchev–Trinajstić information content (AvgIpc) is 2.42. The van der Waals surface area contributed by atoms with Crippen LogP contribution in [0.5, 0.6) is 0 Å². The SMILES string of the molecule is COC(=O)c1cc(N)c(N)c(-c2ccc(F)cc2)c1. The van der Waals surface area contributed by atoms with E-state index in [1.165, 1.54) is 25.3 Å². The standard InChI is InChI=1S/C14H13FN2O2/c1-19-14(18)9-6-11(13(17)12(16)7-9)8-2-4-10(15)5-3-8/h2-7H,16-17H2,1H3. The number of rotatable bonds is 2. The Morgan fingerprint density at radius 3 is 2.37 bits per heavy atom. The summed E-state index contributed by atoms with van der Waals surface area (Å²) in [4.78, 5) is 11.5. The van der Waals surface area contributed by atoms with Crippen LogP contribution in [0.2, 0.25) is 0 Å². The topological polar surface area (TPSA) is 78.3 Å². The van der Waals surface area contributed by atoms with Gasteiger partial charge in [-0.25, -0.2) is 9.18 Å². The zero-order valence-electron chi connectivity index (χ0n) is 10.3. The highest BCUT2D eigenvalue weighted by atomic mass is 19.1. The summed E-state index contributed by atoms with van der Waals surface area (Å²) in [5.41, 5.74) is 13.8. The van der Waals surface area contributed by atoms with E-state index >= 15 is 0 Å². The highest BCUT2D eigenvalue weighted by Crippen LogP contribution is 2.32. The Balaban J connectivity index is 2.58. The van der Waals surface area contributed by atoms with E-state index in [1.807, 2.05) is 0 Å². The molecule has 0 amide bonds. The van der Waals surface area contributed by atoms with Gasteiger partial charge in [-0.15, -0.1) is 0 Å². The zero-order valence-corrected chi connectivity index (χ0v) is 10.3. The summed E-state index contributed by atoms with van der Waals surface area (Å²) in [6.45, 7) is 0. The summed E-state index contributed by atoms with van der Waals surface area (Å²) in [5.74, 6) is -0.852. The Morgan fingerprint density at radius 1 is 1.16 bits per heavy atom. The first-order valence-electron chi connectivity index (χ1n) is 5.56. The van der Waals surface area contributed by atoms with Crippen molar-refractivity contribution in [3.8, 4) is 11.1 Å². The molecular weight excluding hydrogens is 247 g/mol. The Bertz CT molecular complexity index is 624. The number of hydrogen-bond acceptors (Lipinski definition) is 4. The van der Waals surface area contributed by atoms with E-state index in [0.717, 1.165) is 0 Å². The van der Waals surface area contributed by atoms with E-state index in [-0.39, 0.29) is 11.5 Å². The summed E-state index contributed by atoms with van der Waals surface area (Å²) in [5, 5.41) is 0. The molecule has 2 aromatic rings. The lowest BCUT2D eigenvalue weighted by molar-refractivity contribution is 0.0601. The van der Waals surface area contributed by atoms with Crippen LogP contribution < -0.4 is 11.5 Å². The van der Waals surface area contributed by atoms with Crippen LogP contribution in [-0.4, -0.2) is 13.1 Å². The molecule has 0 fully saturated rings. The number of benzene rings is 2. The first-order valence-corrected chi connectivity index (χ1v) is 5.56. The lowest BCUT2D eigenvalue weighted by atomic mass is 10.00. The molecule has 0 aliphatic heterocycles. The summed E-state index contributed by atoms with van der Waals surface area (Å²) >= 11 is 0. The Morgan fingerprint density at radius 2 is 1.79 bits per heavy atom. The number of hydrogen-bond donors (Lipinski definition) is 2. The molecule has 4 N–H and O–H groups in total. The maximum absolute atomic E-state index is 12.9. The highest BCUT2D eigenvalue weighted by Gasteiger charge is 2.13. The molecule has 0 unspecified atom stereocenters. The number of nitrogen functional groups attached to an aromatic ring is 2. The normalized spacial score (nSPS) is 10.2. The second kappa shape index (κ2) is 4.97. The van der Waals surface area contributed by atoms with Crippen molar-refractivity contribution in [3.63, 3.8) is 0 Å². The molecule has 0 saturated carbocycles. The molecule has 0 saturated heterocycles. The minimum Gasteiger partial charge on any atom is -0.465 e. The number of carbonyl (C=O) groups is 1. The third kappa shape index (κ3) is 2.49. The van der Waals surface area contributed by atoms with Gasteiger partial charge in [0.25, 0.3) is 0 Å². The molecule has 5 heteroatoms. The van der Waals surface area contributed by atoms with Crippen LogP contribution in [0.3, 0.4) is 0 Å². The van der Waals surface area contributed by atoms with Gasteiger partial charge in [0, 0.05) is 5.56 Å². The number of carbonyl (C=O) groups excluding carboxylic acids is 1. The Hall–Kier alpha value is -2.56. The molecule has 19 heavy (non-hydrogen) atoms. The van der Waals surface area contributed by atoms with Gasteiger partial charge in [0.2, 0.25) is 0 Å². The predicted molar refractivity (Wildman–Crippen MR) is 72.0 cm³/mol. The van der Waals surface area contributed by atoms with Crippen molar-refractivity contribution in [2.45, 2.75) is 0 Å². The van der Waals surface area contributed by atoms with Gasteiger partial charge in [-0.2, -0.15) is 0 Å². The quantitative estimate of drug-likeness (QED) is 0.642. The molecule has 0 atom stereocenters. The van der Waals surface area contributed by atoms with Crippen molar-refractivity contribution in [3.05, 3.63) is 47.8 Å². The molecule has 0 aromatic heterocycles. The average molecular weight is 260 g/mol. The fourth-order valence-corrected chi connectivity index (χ4v) is 1.78. The third-order valence-electron chi connectivity index (χ3n) is 2.79. The second-order valence-corrected chi connectivity index (χ2v) is 4.03. The summed E-state index contributed by atoms with van der Waals surface area (Å²) in [6.07, 6.45) is 0. The molecule has 2 rings (SSSR count). The largest absolute Gasteiger partial charge is 0.465 e. The summed E-state index contributed by atoms with van der Waals surface area (Å²) in [6, 6.07) is 8.80. The Kier molecular flexibility index (Phi) is 3.37. The van der Waals surface area contributed by atoms with Gasteiger partial charge in [0.15, 0.2) is 0 Å². The van der Waals surface area contributed by atoms with E-state index in [1.54, 1.807) is 18.2 Å². The number of nitrogens with two attached hydrogens (primary N) is 2. The molecule has 2 aromatic carbocycles. The molecule has 0 spiro atoms. The minimum absolute atomic E-state index is 0.280. The fourth-order valence-electron chi connectivity index (χ4n) is 1.78. The van der Waals surface area contributed by atoms with Crippen molar-refractivity contribution in [2.75, 3.05) is 18.6 Å². The second-order valence-electron chi connectivity index (χ2n) is 4.03. The monoisotopic (exact) mass is 260 g/mol. The van der Waals surface area contributed by atoms with Gasteiger partial charge in [0.05, 0.1) is 24.0 Å². The van der Waals surface area contributed by atoms with Crippen molar-refractivity contribution in [1.29, 1.82) is 0 Å². The zero-order chi connectivity index (χ0) is 14.0. The van der Waals surface area contributed by atoms with E-state index < -0.39 is 5.97 Å². The third-order valence-corrected chi connectivity index (χ3v) is 2.79. The lowest BCUT2D eigenvalue weighted by Gasteiger charge is -2.11. The van der Waals surface area contributed by atoms with Gasteiger partial charge in [-0.3, -0.25) is 0 Å². The first kappa shape index (κ1) is 12.9. The maximum atomic E-state index is 12.9. The minimum atomic E-state index is -0.505. The first-order chi connectivity index (χ1) is 9.02. The van der Waals surface area contributed by atoms with Crippen LogP contribution in [0.25, 0.3) is 11.1 Å². The number of ether oxygens (including phenoxy) is 1. The number of esters is 1. The van der Waals surface area contributed by atoms with Crippen LogP contribution >= 0.6 is 0 Å². The molecule has 0 aliphatic carbocycles. The lowest BCUT2D eigenvalue weighted by Crippen LogP contribution is -2.05. The smallest absolute Gasteiger partial charge is 0.337 e. The van der Waals surface area contributed by atoms with Crippen LogP contribution in [-0.2, 0) is 4.74 Å². The summed E-state index contributed by atoms with van der Waals surface area (Å²) < 4.78 is 17.6. The van der Waals surface area contributed by atoms with Crippen molar-refractivity contribution in [1.82, 2.24) is 0 Å². The summed E-state index contributed by atoms with van der Waals surface area (Å²) in [7, 11) is 1.28. The molecule has 0 radical (unpaired) electrons. The molecule has 0 bridgehead atoms. The van der Waals surface area contributed by atoms with Gasteiger partial charge >= 0.3 is 5.97 Å². The molecular formula is C14H13FN2O2. The van der Waals surface area contributed by atoms with Crippen LogP contribution in [0, 0.1) is 5.82 Å². The fraction of sp³-hybridized carbons (Fsp3) is 0.0714. The maximum Gasteiger partial charge on any atom is 0.337 e. The molecule has 98 valence electrons. The Labute approximate surface area is 109 Å². The predicted octanol–water partition coefficient (Wildman–Crippen LogP) is 2.44. The van der Waals surface area contributed by atoms with E-state index in [4.69, 9.17) is 11.5 Å². The van der Waals surface area contributed by atoms with Gasteiger partial charge < -0.3 is 16.2 Å². The van der Waals surface area contributed by atoms with Gasteiger partial charge in [0.1, 0.15) is 5.82 Å². The highest BCUT2D eigenvalue weighted by molar-refractivity contribution is 5.96. The van der Waals surface area contributed by atoms with E-state index in [0.29, 0.717) is 22.4 Å². The number of methoxy groups -OCH3 is 1. The van der Waals surface area contributed by atoms with Crippen molar-refractivity contribution >= 4 is 17.3 Å². The molecule has 0 heterocycles. The van der Waals surface area contributed by atoms with Crippen molar-refractivity contribution < 1.29 is 13.9 Å². The van der Waals surface area contributed by atoms with Crippen LogP contribution in [0.15, 0.2) is 36.4 Å². The van der Waals surface area contributed by atoms with E-state index in [9.17, 15) is 9.18 Å². The van der Waals surface area contributed by atoms with Gasteiger partial charge in [-0.1, -0.05) is 12.1 Å². The van der Waals surface area contributed by atoms with Crippen LogP contribution in [0.4, 0.5) is 15.8 Å².